The summed E-state index contributed by atoms with van der Waals surface area (Å²) in [6, 6.07) is 13.9. The molecule has 2 aromatic heterocycles. The fraction of sp³-hybridized carbons (Fsp3) is 0.286. The predicted molar refractivity (Wildman–Crippen MR) is 133 cm³/mol. The number of hydrogen-bond donors (Lipinski definition) is 2. The molecular weight excluding hydrogens is 438 g/mol. The van der Waals surface area contributed by atoms with E-state index in [4.69, 9.17) is 0 Å². The van der Waals surface area contributed by atoms with Crippen LogP contribution in [-0.2, 0) is 16.6 Å². The summed E-state index contributed by atoms with van der Waals surface area (Å²) in [5.41, 5.74) is 6.91. The number of aromatic nitrogens is 3. The number of pyridine rings is 1. The Kier molecular flexibility index (Phi) is 5.84. The number of rotatable bonds is 4. The number of amides is 1. The first kappa shape index (κ1) is 22.8. The molecule has 0 radical (unpaired) electrons. The van der Waals surface area contributed by atoms with Crippen molar-refractivity contribution in [3.05, 3.63) is 99.8 Å². The van der Waals surface area contributed by atoms with Gasteiger partial charge in [0.25, 0.3) is 5.82 Å². The maximum absolute atomic E-state index is 13.7. The van der Waals surface area contributed by atoms with E-state index in [1.807, 2.05) is 64.3 Å². The molecule has 1 amide bonds. The molecule has 2 unspecified atom stereocenters. The molecule has 2 atom stereocenters. The smallest absolute Gasteiger partial charge is 0.337 e. The van der Waals surface area contributed by atoms with Gasteiger partial charge in [0.2, 0.25) is 0 Å². The summed E-state index contributed by atoms with van der Waals surface area (Å²) in [4.78, 5) is 30.5. The third kappa shape index (κ3) is 4.18. The Bertz CT molecular complexity index is 1370. The zero-order valence-electron chi connectivity index (χ0n) is 20.5. The minimum Gasteiger partial charge on any atom is -0.362 e. The number of nitrogens with one attached hydrogen (secondary N) is 3. The molecule has 2 aliphatic rings. The Morgan fingerprint density at radius 3 is 2.54 bits per heavy atom. The van der Waals surface area contributed by atoms with Gasteiger partial charge in [0.1, 0.15) is 0 Å². The van der Waals surface area contributed by atoms with Crippen molar-refractivity contribution >= 4 is 17.5 Å². The number of aryl methyl sites for hydroxylation is 2. The van der Waals surface area contributed by atoms with Crippen molar-refractivity contribution < 1.29 is 14.6 Å². The van der Waals surface area contributed by atoms with Gasteiger partial charge < -0.3 is 5.32 Å². The number of carbonyl (C=O) groups excluding carboxylic acids is 2. The van der Waals surface area contributed by atoms with Gasteiger partial charge in [-0.15, -0.1) is 0 Å². The number of ketones is 1. The summed E-state index contributed by atoms with van der Waals surface area (Å²) < 4.78 is 1.79. The molecule has 0 saturated heterocycles. The van der Waals surface area contributed by atoms with Gasteiger partial charge in [-0.05, 0) is 50.3 Å². The summed E-state index contributed by atoms with van der Waals surface area (Å²) in [6.45, 7) is 5.86. The lowest BCUT2D eigenvalue weighted by Crippen LogP contribution is -2.37. The first-order chi connectivity index (χ1) is 16.8. The molecule has 1 aliphatic heterocycles. The molecule has 7 nitrogen and oxygen atoms in total. The fourth-order valence-electron chi connectivity index (χ4n) is 5.18. The van der Waals surface area contributed by atoms with E-state index in [0.29, 0.717) is 23.4 Å². The third-order valence-corrected chi connectivity index (χ3v) is 7.14. The molecule has 0 saturated carbocycles. The largest absolute Gasteiger partial charge is 0.362 e. The van der Waals surface area contributed by atoms with Crippen molar-refractivity contribution in [1.82, 2.24) is 15.1 Å². The number of dihydropyridines is 1. The lowest BCUT2D eigenvalue weighted by atomic mass is 9.71. The lowest BCUT2D eigenvalue weighted by Gasteiger charge is -2.36. The van der Waals surface area contributed by atoms with Crippen LogP contribution in [0.3, 0.4) is 0 Å². The highest BCUT2D eigenvalue weighted by Crippen LogP contribution is 2.46. The number of nitrogens with zero attached hydrogens (tertiary/aromatic N) is 2. The molecule has 0 spiro atoms. The summed E-state index contributed by atoms with van der Waals surface area (Å²) in [7, 11) is 1.88. The van der Waals surface area contributed by atoms with E-state index in [-0.39, 0.29) is 17.6 Å². The minimum atomic E-state index is -0.477. The Balaban J connectivity index is 1.57. The Morgan fingerprint density at radius 1 is 1.11 bits per heavy atom. The highest BCUT2D eigenvalue weighted by Gasteiger charge is 2.43. The Morgan fingerprint density at radius 2 is 1.89 bits per heavy atom. The van der Waals surface area contributed by atoms with Crippen LogP contribution in [0.15, 0.2) is 77.4 Å². The summed E-state index contributed by atoms with van der Waals surface area (Å²) >= 11 is 0. The fourth-order valence-corrected chi connectivity index (χ4v) is 5.18. The number of aromatic amines is 1. The van der Waals surface area contributed by atoms with Gasteiger partial charge in [-0.2, -0.15) is 5.10 Å². The summed E-state index contributed by atoms with van der Waals surface area (Å²) in [5.74, 6) is 0.0560. The molecule has 0 fully saturated rings. The first-order valence-electron chi connectivity index (χ1n) is 11.9. The maximum Gasteiger partial charge on any atom is 0.337 e. The Labute approximate surface area is 205 Å². The van der Waals surface area contributed by atoms with Crippen LogP contribution < -0.4 is 15.6 Å². The Hall–Kier alpha value is -4.00. The van der Waals surface area contributed by atoms with E-state index in [1.165, 1.54) is 0 Å². The van der Waals surface area contributed by atoms with E-state index in [0.717, 1.165) is 40.2 Å². The highest BCUT2D eigenvalue weighted by atomic mass is 16.2. The summed E-state index contributed by atoms with van der Waals surface area (Å²) in [6.07, 6.45) is 4.76. The lowest BCUT2D eigenvalue weighted by molar-refractivity contribution is -0.361. The average Bonchev–Trinajstić information content (AvgIpc) is 3.17. The van der Waals surface area contributed by atoms with Gasteiger partial charge in [0.05, 0.1) is 23.9 Å². The van der Waals surface area contributed by atoms with Gasteiger partial charge in [-0.3, -0.25) is 9.48 Å². The maximum atomic E-state index is 13.7. The molecule has 1 aliphatic carbocycles. The number of carbonyl (C=O) groups is 2. The molecule has 3 aromatic rings. The predicted octanol–water partition coefficient (Wildman–Crippen LogP) is 3.85. The van der Waals surface area contributed by atoms with E-state index in [1.54, 1.807) is 10.9 Å². The van der Waals surface area contributed by atoms with Crippen molar-refractivity contribution in [1.29, 1.82) is 0 Å². The molecular formula is C28H30N5O2+. The number of allylic oxidation sites excluding steroid dienone is 3. The third-order valence-electron chi connectivity index (χ3n) is 7.14. The monoisotopic (exact) mass is 468 g/mol. The summed E-state index contributed by atoms with van der Waals surface area (Å²) in [5, 5.41) is 10.9. The second-order valence-electron chi connectivity index (χ2n) is 9.47. The second kappa shape index (κ2) is 8.98. The molecule has 35 heavy (non-hydrogen) atoms. The first-order valence-corrected chi connectivity index (χ1v) is 11.9. The molecule has 5 rings (SSSR count). The van der Waals surface area contributed by atoms with E-state index in [9.17, 15) is 9.59 Å². The topological polar surface area (TPSA) is 90.2 Å². The van der Waals surface area contributed by atoms with Crippen molar-refractivity contribution in [2.75, 3.05) is 5.32 Å². The average molecular weight is 469 g/mol. The van der Waals surface area contributed by atoms with Gasteiger partial charge in [-0.1, -0.05) is 30.3 Å². The van der Waals surface area contributed by atoms with Crippen LogP contribution in [0.25, 0.3) is 0 Å². The van der Waals surface area contributed by atoms with Crippen LogP contribution in [-0.4, -0.2) is 21.5 Å². The zero-order valence-corrected chi connectivity index (χ0v) is 20.5. The van der Waals surface area contributed by atoms with Crippen molar-refractivity contribution in [2.45, 2.75) is 45.4 Å². The molecule has 3 heterocycles. The van der Waals surface area contributed by atoms with Crippen molar-refractivity contribution in [3.8, 4) is 0 Å². The van der Waals surface area contributed by atoms with Crippen molar-refractivity contribution in [2.24, 2.45) is 7.05 Å². The van der Waals surface area contributed by atoms with E-state index >= 15 is 0 Å². The number of benzene rings is 1. The van der Waals surface area contributed by atoms with Gasteiger partial charge in [0.15, 0.2) is 5.78 Å². The van der Waals surface area contributed by atoms with Crippen LogP contribution in [0.2, 0.25) is 0 Å². The van der Waals surface area contributed by atoms with E-state index < -0.39 is 5.92 Å². The van der Waals surface area contributed by atoms with Gasteiger partial charge in [0, 0.05) is 47.8 Å². The molecule has 178 valence electrons. The number of hydrogen-bond acceptors (Lipinski definition) is 4. The van der Waals surface area contributed by atoms with Gasteiger partial charge in [-0.25, -0.2) is 15.1 Å². The van der Waals surface area contributed by atoms with Crippen LogP contribution in [0.1, 0.15) is 54.0 Å². The SMILES string of the molecule is CC1=C(C(=O)Nc2ccc(C)c[nH+]2)C(c2cnn(C)c2C)C2=C(CC(c3ccccc3)CC2=O)N1. The van der Waals surface area contributed by atoms with Crippen LogP contribution in [0.5, 0.6) is 0 Å². The molecule has 3 N–H and O–H groups in total. The minimum absolute atomic E-state index is 0.0700. The number of anilines is 1. The standard InChI is InChI=1S/C28H29N5O2/c1-16-10-11-24(29-14-16)32-28(35)25-17(2)31-22-12-20(19-8-6-5-7-9-19)13-23(34)27(22)26(25)21-15-30-33(4)18(21)3/h5-11,14-15,20,26,31H,12-13H2,1-4H3,(H,29,32,35)/p+1. The second-order valence-corrected chi connectivity index (χ2v) is 9.47. The number of H-pyrrole nitrogens is 1. The normalized spacial score (nSPS) is 19.9. The van der Waals surface area contributed by atoms with E-state index in [2.05, 4.69) is 32.8 Å². The quantitative estimate of drug-likeness (QED) is 0.609. The zero-order chi connectivity index (χ0) is 24.7. The van der Waals surface area contributed by atoms with Crippen LogP contribution >= 0.6 is 0 Å². The number of Topliss-reactive ketones (excluding diaryl/α,β-unsaturated/α-hetero) is 1. The molecule has 0 bridgehead atoms. The van der Waals surface area contributed by atoms with Crippen LogP contribution in [0, 0.1) is 13.8 Å². The van der Waals surface area contributed by atoms with Gasteiger partial charge >= 0.3 is 5.91 Å². The molecule has 1 aromatic carbocycles. The molecule has 7 heteroatoms. The van der Waals surface area contributed by atoms with Crippen LogP contribution in [0.4, 0.5) is 5.82 Å². The highest BCUT2D eigenvalue weighted by molar-refractivity contribution is 6.09. The van der Waals surface area contributed by atoms with Crippen molar-refractivity contribution in [3.63, 3.8) is 0 Å².